The van der Waals surface area contributed by atoms with E-state index in [1.54, 1.807) is 0 Å². The predicted octanol–water partition coefficient (Wildman–Crippen LogP) is 2.02. The lowest BCUT2D eigenvalue weighted by Crippen LogP contribution is -2.49. The first-order valence-corrected chi connectivity index (χ1v) is 7.05. The minimum absolute atomic E-state index is 0.108. The lowest BCUT2D eigenvalue weighted by molar-refractivity contribution is -0.144. The molecule has 0 aromatic carbocycles. The second-order valence-corrected chi connectivity index (χ2v) is 6.39. The Balaban J connectivity index is 2.04. The van der Waals surface area contributed by atoms with Gasteiger partial charge in [0.1, 0.15) is 0 Å². The summed E-state index contributed by atoms with van der Waals surface area (Å²) in [4.78, 5) is 14.9. The maximum Gasteiger partial charge on any atom is 0.228 e. The zero-order valence-corrected chi connectivity index (χ0v) is 11.5. The van der Waals surface area contributed by atoms with Gasteiger partial charge in [-0.15, -0.1) is 0 Å². The van der Waals surface area contributed by atoms with Gasteiger partial charge in [-0.3, -0.25) is 4.79 Å². The SMILES string of the molecule is CC(C)CN(C(=O)C1(C)CCNCC1)C1CC1. The molecule has 2 rings (SSSR count). The van der Waals surface area contributed by atoms with Crippen LogP contribution in [0.2, 0.25) is 0 Å². The number of carbonyl (C=O) groups is 1. The molecule has 1 saturated carbocycles. The average molecular weight is 238 g/mol. The monoisotopic (exact) mass is 238 g/mol. The van der Waals surface area contributed by atoms with Gasteiger partial charge in [0.15, 0.2) is 0 Å². The first-order chi connectivity index (χ1) is 8.03. The van der Waals surface area contributed by atoms with E-state index >= 15 is 0 Å². The highest BCUT2D eigenvalue weighted by Crippen LogP contribution is 2.36. The Morgan fingerprint density at radius 3 is 2.41 bits per heavy atom. The van der Waals surface area contributed by atoms with Crippen LogP contribution in [0.4, 0.5) is 0 Å². The summed E-state index contributed by atoms with van der Waals surface area (Å²) >= 11 is 0. The van der Waals surface area contributed by atoms with Gasteiger partial charge < -0.3 is 10.2 Å². The molecule has 17 heavy (non-hydrogen) atoms. The van der Waals surface area contributed by atoms with Gasteiger partial charge in [0.2, 0.25) is 5.91 Å². The van der Waals surface area contributed by atoms with Crippen molar-refractivity contribution in [2.24, 2.45) is 11.3 Å². The smallest absolute Gasteiger partial charge is 0.228 e. The molecule has 0 aromatic rings. The summed E-state index contributed by atoms with van der Waals surface area (Å²) < 4.78 is 0. The maximum atomic E-state index is 12.7. The first-order valence-electron chi connectivity index (χ1n) is 7.05. The van der Waals surface area contributed by atoms with Crippen LogP contribution >= 0.6 is 0 Å². The van der Waals surface area contributed by atoms with Gasteiger partial charge in [-0.1, -0.05) is 20.8 Å². The van der Waals surface area contributed by atoms with E-state index in [1.165, 1.54) is 12.8 Å². The Bertz CT molecular complexity index is 278. The molecule has 1 amide bonds. The number of rotatable bonds is 4. The standard InChI is InChI=1S/C14H26N2O/c1-11(2)10-16(12-4-5-12)13(17)14(3)6-8-15-9-7-14/h11-12,15H,4-10H2,1-3H3. The summed E-state index contributed by atoms with van der Waals surface area (Å²) in [7, 11) is 0. The van der Waals surface area contributed by atoms with E-state index in [4.69, 9.17) is 0 Å². The molecular formula is C14H26N2O. The Hall–Kier alpha value is -0.570. The van der Waals surface area contributed by atoms with Crippen molar-refractivity contribution >= 4 is 5.91 Å². The number of hydrogen-bond donors (Lipinski definition) is 1. The summed E-state index contributed by atoms with van der Waals surface area (Å²) in [6, 6.07) is 0.552. The van der Waals surface area contributed by atoms with Crippen molar-refractivity contribution in [2.45, 2.75) is 52.5 Å². The molecule has 1 saturated heterocycles. The third-order valence-electron chi connectivity index (χ3n) is 4.03. The van der Waals surface area contributed by atoms with Crippen LogP contribution in [0.1, 0.15) is 46.5 Å². The van der Waals surface area contributed by atoms with Crippen LogP contribution in [0.3, 0.4) is 0 Å². The topological polar surface area (TPSA) is 32.3 Å². The number of carbonyl (C=O) groups excluding carboxylic acids is 1. The summed E-state index contributed by atoms with van der Waals surface area (Å²) in [5.74, 6) is 0.986. The normalized spacial score (nSPS) is 23.8. The Morgan fingerprint density at radius 2 is 1.94 bits per heavy atom. The highest BCUT2D eigenvalue weighted by Gasteiger charge is 2.42. The molecule has 0 spiro atoms. The molecule has 3 nitrogen and oxygen atoms in total. The highest BCUT2D eigenvalue weighted by molar-refractivity contribution is 5.83. The number of nitrogens with zero attached hydrogens (tertiary/aromatic N) is 1. The van der Waals surface area contributed by atoms with E-state index in [-0.39, 0.29) is 5.41 Å². The Morgan fingerprint density at radius 1 is 1.35 bits per heavy atom. The second-order valence-electron chi connectivity index (χ2n) is 6.39. The summed E-state index contributed by atoms with van der Waals surface area (Å²) in [5, 5.41) is 3.35. The van der Waals surface area contributed by atoms with Crippen LogP contribution in [0.5, 0.6) is 0 Å². The fourth-order valence-corrected chi connectivity index (χ4v) is 2.72. The van der Waals surface area contributed by atoms with Crippen LogP contribution in [0.15, 0.2) is 0 Å². The van der Waals surface area contributed by atoms with Gasteiger partial charge >= 0.3 is 0 Å². The summed E-state index contributed by atoms with van der Waals surface area (Å²) in [6.07, 6.45) is 4.42. The molecule has 1 heterocycles. The average Bonchev–Trinajstić information content (AvgIpc) is 3.09. The molecule has 0 atom stereocenters. The fourth-order valence-electron chi connectivity index (χ4n) is 2.72. The fraction of sp³-hybridized carbons (Fsp3) is 0.929. The minimum Gasteiger partial charge on any atom is -0.339 e. The summed E-state index contributed by atoms with van der Waals surface area (Å²) in [5.41, 5.74) is -0.108. The Kier molecular flexibility index (Phi) is 3.76. The van der Waals surface area contributed by atoms with Crippen molar-refractivity contribution in [1.82, 2.24) is 10.2 Å². The van der Waals surface area contributed by atoms with Crippen LogP contribution in [-0.2, 0) is 4.79 Å². The molecule has 0 bridgehead atoms. The molecule has 1 N–H and O–H groups in total. The van der Waals surface area contributed by atoms with Crippen molar-refractivity contribution in [3.63, 3.8) is 0 Å². The van der Waals surface area contributed by atoms with Gasteiger partial charge in [0.05, 0.1) is 0 Å². The third-order valence-corrected chi connectivity index (χ3v) is 4.03. The molecule has 0 radical (unpaired) electrons. The lowest BCUT2D eigenvalue weighted by atomic mass is 9.79. The van der Waals surface area contributed by atoms with Crippen LogP contribution < -0.4 is 5.32 Å². The van der Waals surface area contributed by atoms with E-state index < -0.39 is 0 Å². The van der Waals surface area contributed by atoms with Gasteiger partial charge in [0.25, 0.3) is 0 Å². The van der Waals surface area contributed by atoms with Crippen LogP contribution in [0, 0.1) is 11.3 Å². The molecule has 0 unspecified atom stereocenters. The first kappa shape index (κ1) is 12.9. The zero-order chi connectivity index (χ0) is 12.5. The van der Waals surface area contributed by atoms with Gasteiger partial charge in [0, 0.05) is 18.0 Å². The Labute approximate surface area is 105 Å². The van der Waals surface area contributed by atoms with E-state index in [2.05, 4.69) is 31.0 Å². The maximum absolute atomic E-state index is 12.7. The van der Waals surface area contributed by atoms with Crippen molar-refractivity contribution in [3.8, 4) is 0 Å². The van der Waals surface area contributed by atoms with Crippen molar-refractivity contribution < 1.29 is 4.79 Å². The van der Waals surface area contributed by atoms with E-state index in [0.717, 1.165) is 32.5 Å². The number of nitrogens with one attached hydrogen (secondary N) is 1. The molecule has 98 valence electrons. The molecule has 2 fully saturated rings. The van der Waals surface area contributed by atoms with E-state index in [1.807, 2.05) is 0 Å². The molecule has 2 aliphatic rings. The third kappa shape index (κ3) is 3.01. The van der Waals surface area contributed by atoms with E-state index in [0.29, 0.717) is 17.9 Å². The number of piperidine rings is 1. The largest absolute Gasteiger partial charge is 0.339 e. The zero-order valence-electron chi connectivity index (χ0n) is 11.5. The number of hydrogen-bond acceptors (Lipinski definition) is 2. The molecule has 3 heteroatoms. The molecule has 0 aromatic heterocycles. The van der Waals surface area contributed by atoms with Crippen LogP contribution in [0.25, 0.3) is 0 Å². The quantitative estimate of drug-likeness (QED) is 0.812. The highest BCUT2D eigenvalue weighted by atomic mass is 16.2. The molecule has 1 aliphatic heterocycles. The molecular weight excluding hydrogens is 212 g/mol. The van der Waals surface area contributed by atoms with Gasteiger partial charge in [-0.05, 0) is 44.7 Å². The lowest BCUT2D eigenvalue weighted by Gasteiger charge is -2.38. The van der Waals surface area contributed by atoms with Crippen molar-refractivity contribution in [3.05, 3.63) is 0 Å². The van der Waals surface area contributed by atoms with Gasteiger partial charge in [-0.2, -0.15) is 0 Å². The molecule has 1 aliphatic carbocycles. The predicted molar refractivity (Wildman–Crippen MR) is 69.8 cm³/mol. The minimum atomic E-state index is -0.108. The van der Waals surface area contributed by atoms with Crippen LogP contribution in [-0.4, -0.2) is 36.5 Å². The van der Waals surface area contributed by atoms with Crippen molar-refractivity contribution in [1.29, 1.82) is 0 Å². The number of amides is 1. The van der Waals surface area contributed by atoms with Gasteiger partial charge in [-0.25, -0.2) is 0 Å². The summed E-state index contributed by atoms with van der Waals surface area (Å²) in [6.45, 7) is 9.48. The van der Waals surface area contributed by atoms with E-state index in [9.17, 15) is 4.79 Å². The second kappa shape index (κ2) is 4.97. The van der Waals surface area contributed by atoms with Crippen molar-refractivity contribution in [2.75, 3.05) is 19.6 Å².